The lowest BCUT2D eigenvalue weighted by Crippen LogP contribution is -2.45. The zero-order valence-corrected chi connectivity index (χ0v) is 12.5. The van der Waals surface area contributed by atoms with Crippen LogP contribution in [0.15, 0.2) is 21.7 Å². The number of rotatable bonds is 5. The molecule has 3 N–H and O–H groups in total. The highest BCUT2D eigenvalue weighted by molar-refractivity contribution is 7.89. The van der Waals surface area contributed by atoms with E-state index in [0.717, 1.165) is 0 Å². The minimum absolute atomic E-state index is 0.0761. The molecule has 20 heavy (non-hydrogen) atoms. The molecule has 0 saturated heterocycles. The second-order valence-corrected chi connectivity index (χ2v) is 7.09. The van der Waals surface area contributed by atoms with Crippen molar-refractivity contribution in [3.8, 4) is 0 Å². The van der Waals surface area contributed by atoms with Gasteiger partial charge in [0.1, 0.15) is 4.90 Å². The van der Waals surface area contributed by atoms with Crippen LogP contribution in [0, 0.1) is 0 Å². The van der Waals surface area contributed by atoms with Crippen LogP contribution in [0.2, 0.25) is 0 Å². The lowest BCUT2D eigenvalue weighted by Gasteiger charge is -2.18. The van der Waals surface area contributed by atoms with Crippen LogP contribution in [-0.2, 0) is 16.4 Å². The van der Waals surface area contributed by atoms with Crippen molar-refractivity contribution < 1.29 is 12.9 Å². The van der Waals surface area contributed by atoms with Gasteiger partial charge in [0.15, 0.2) is 0 Å². The Morgan fingerprint density at radius 3 is 2.75 bits per heavy atom. The fraction of sp³-hybridized carbons (Fsp3) is 0.500. The molecule has 0 amide bonds. The van der Waals surface area contributed by atoms with Crippen LogP contribution in [-0.4, -0.2) is 30.6 Å². The van der Waals surface area contributed by atoms with Crippen molar-refractivity contribution in [2.45, 2.75) is 37.6 Å². The fourth-order valence-corrected chi connectivity index (χ4v) is 2.82. The number of aryl methyl sites for hydroxylation is 1. The molecule has 0 aliphatic carbocycles. The van der Waals surface area contributed by atoms with Gasteiger partial charge in [-0.15, -0.1) is 0 Å². The number of nitrogens with zero attached hydrogens (tertiary/aromatic N) is 2. The molecular formula is C12H18N4O3S. The molecule has 0 aromatic carbocycles. The highest BCUT2D eigenvalue weighted by atomic mass is 32.2. The number of aromatic nitrogens is 2. The van der Waals surface area contributed by atoms with Crippen LogP contribution in [0.5, 0.6) is 0 Å². The van der Waals surface area contributed by atoms with Gasteiger partial charge in [-0.1, -0.05) is 12.1 Å². The quantitative estimate of drug-likeness (QED) is 0.844. The van der Waals surface area contributed by atoms with Crippen LogP contribution in [0.3, 0.4) is 0 Å². The van der Waals surface area contributed by atoms with Crippen molar-refractivity contribution >= 4 is 21.1 Å². The molecule has 0 unspecified atom stereocenters. The van der Waals surface area contributed by atoms with Crippen LogP contribution >= 0.6 is 0 Å². The third-order valence-corrected chi connectivity index (χ3v) is 4.11. The molecule has 0 fully saturated rings. The average Bonchev–Trinajstić information content (AvgIpc) is 2.78. The predicted octanol–water partition coefficient (Wildman–Crippen LogP) is 0.801. The predicted molar refractivity (Wildman–Crippen MR) is 74.6 cm³/mol. The van der Waals surface area contributed by atoms with Crippen molar-refractivity contribution in [3.05, 3.63) is 18.0 Å². The second-order valence-electron chi connectivity index (χ2n) is 5.32. The van der Waals surface area contributed by atoms with Crippen molar-refractivity contribution in [2.75, 3.05) is 6.54 Å². The van der Waals surface area contributed by atoms with E-state index in [2.05, 4.69) is 14.9 Å². The highest BCUT2D eigenvalue weighted by Gasteiger charge is 2.20. The first-order valence-corrected chi connectivity index (χ1v) is 7.74. The van der Waals surface area contributed by atoms with Gasteiger partial charge < -0.3 is 10.3 Å². The minimum atomic E-state index is -3.65. The Hall–Kier alpha value is -1.51. The van der Waals surface area contributed by atoms with Crippen LogP contribution in [0.1, 0.15) is 26.5 Å². The molecule has 0 saturated carbocycles. The molecule has 0 spiro atoms. The Bertz CT molecular complexity index is 716. The summed E-state index contributed by atoms with van der Waals surface area (Å²) < 4.78 is 31.9. The number of nitrogens with two attached hydrogens (primary N) is 1. The fourth-order valence-electron chi connectivity index (χ4n) is 1.63. The number of nitrogens with one attached hydrogen (secondary N) is 1. The summed E-state index contributed by atoms with van der Waals surface area (Å²) in [5, 5.41) is 4.46. The zero-order chi connectivity index (χ0) is 15.0. The molecule has 0 radical (unpaired) electrons. The van der Waals surface area contributed by atoms with Crippen molar-refractivity contribution in [2.24, 2.45) is 5.73 Å². The molecule has 0 aliphatic heterocycles. The maximum Gasteiger partial charge on any atom is 0.258 e. The Labute approximate surface area is 117 Å². The molecule has 0 atom stereocenters. The van der Waals surface area contributed by atoms with E-state index in [9.17, 15) is 8.42 Å². The van der Waals surface area contributed by atoms with Gasteiger partial charge in [0, 0.05) is 12.1 Å². The first-order chi connectivity index (χ1) is 9.23. The summed E-state index contributed by atoms with van der Waals surface area (Å²) in [7, 11) is -3.65. The van der Waals surface area contributed by atoms with Gasteiger partial charge in [-0.05, 0) is 26.3 Å². The molecule has 2 aromatic rings. The lowest BCUT2D eigenvalue weighted by molar-refractivity contribution is 0.439. The van der Waals surface area contributed by atoms with Gasteiger partial charge in [0.05, 0.1) is 17.3 Å². The smallest absolute Gasteiger partial charge is 0.258 e. The Balaban J connectivity index is 2.36. The maximum atomic E-state index is 12.2. The second kappa shape index (κ2) is 5.12. The summed E-state index contributed by atoms with van der Waals surface area (Å²) in [5.74, 6) is 0. The molecular weight excluding hydrogens is 280 g/mol. The van der Waals surface area contributed by atoms with E-state index in [4.69, 9.17) is 10.3 Å². The van der Waals surface area contributed by atoms with E-state index in [1.165, 1.54) is 12.3 Å². The highest BCUT2D eigenvalue weighted by Crippen LogP contribution is 2.20. The topological polar surface area (TPSA) is 111 Å². The lowest BCUT2D eigenvalue weighted by atomic mass is 10.1. The van der Waals surface area contributed by atoms with Gasteiger partial charge in [-0.25, -0.2) is 18.1 Å². The summed E-state index contributed by atoms with van der Waals surface area (Å²) in [6, 6.07) is 1.52. The van der Waals surface area contributed by atoms with Crippen LogP contribution in [0.25, 0.3) is 11.1 Å². The molecule has 2 heterocycles. The number of pyridine rings is 1. The van der Waals surface area contributed by atoms with Gasteiger partial charge >= 0.3 is 0 Å². The third kappa shape index (κ3) is 3.14. The first kappa shape index (κ1) is 14.9. The van der Waals surface area contributed by atoms with Gasteiger partial charge in [0.25, 0.3) is 5.71 Å². The van der Waals surface area contributed by atoms with E-state index in [1.807, 2.05) is 6.92 Å². The standard InChI is InChI=1S/C12H18N4O3S/c1-4-10-9-5-8(6-14-11(9)19-16-10)20(17,18)15-7-12(2,3)13/h5-6,15H,4,7,13H2,1-3H3. The Morgan fingerprint density at radius 2 is 2.15 bits per heavy atom. The molecule has 7 nitrogen and oxygen atoms in total. The molecule has 2 aromatic heterocycles. The van der Waals surface area contributed by atoms with E-state index < -0.39 is 15.6 Å². The zero-order valence-electron chi connectivity index (χ0n) is 11.7. The Kier molecular flexibility index (Phi) is 3.81. The van der Waals surface area contributed by atoms with Crippen LogP contribution < -0.4 is 10.5 Å². The molecule has 8 heteroatoms. The van der Waals surface area contributed by atoms with E-state index >= 15 is 0 Å². The number of hydrogen-bond acceptors (Lipinski definition) is 6. The van der Waals surface area contributed by atoms with E-state index in [0.29, 0.717) is 23.2 Å². The SMILES string of the molecule is CCc1noc2ncc(S(=O)(=O)NCC(C)(C)N)cc12. The maximum absolute atomic E-state index is 12.2. The normalized spacial score (nSPS) is 13.0. The molecule has 110 valence electrons. The van der Waals surface area contributed by atoms with Gasteiger partial charge in [-0.3, -0.25) is 0 Å². The summed E-state index contributed by atoms with van der Waals surface area (Å²) in [6.07, 6.45) is 1.89. The van der Waals surface area contributed by atoms with Gasteiger partial charge in [-0.2, -0.15) is 0 Å². The number of sulfonamides is 1. The van der Waals surface area contributed by atoms with Crippen molar-refractivity contribution in [1.82, 2.24) is 14.9 Å². The van der Waals surface area contributed by atoms with Crippen molar-refractivity contribution in [3.63, 3.8) is 0 Å². The largest absolute Gasteiger partial charge is 0.336 e. The van der Waals surface area contributed by atoms with E-state index in [-0.39, 0.29) is 11.4 Å². The monoisotopic (exact) mass is 298 g/mol. The first-order valence-electron chi connectivity index (χ1n) is 6.26. The van der Waals surface area contributed by atoms with E-state index in [1.54, 1.807) is 13.8 Å². The Morgan fingerprint density at radius 1 is 1.45 bits per heavy atom. The number of fused-ring (bicyclic) bond motifs is 1. The average molecular weight is 298 g/mol. The third-order valence-electron chi connectivity index (χ3n) is 2.74. The molecule has 2 rings (SSSR count). The van der Waals surface area contributed by atoms with Crippen molar-refractivity contribution in [1.29, 1.82) is 0 Å². The van der Waals surface area contributed by atoms with Crippen LogP contribution in [0.4, 0.5) is 0 Å². The molecule has 0 aliphatic rings. The summed E-state index contributed by atoms with van der Waals surface area (Å²) >= 11 is 0. The summed E-state index contributed by atoms with van der Waals surface area (Å²) in [5.41, 5.74) is 6.16. The summed E-state index contributed by atoms with van der Waals surface area (Å²) in [6.45, 7) is 5.53. The molecule has 0 bridgehead atoms. The number of hydrogen-bond donors (Lipinski definition) is 2. The van der Waals surface area contributed by atoms with Gasteiger partial charge in [0.2, 0.25) is 10.0 Å². The summed E-state index contributed by atoms with van der Waals surface area (Å²) in [4.78, 5) is 4.06. The minimum Gasteiger partial charge on any atom is -0.336 e.